The van der Waals surface area contributed by atoms with Crippen molar-refractivity contribution in [3.05, 3.63) is 68.7 Å². The van der Waals surface area contributed by atoms with Crippen LogP contribution in [-0.4, -0.2) is 36.2 Å². The fourth-order valence-corrected chi connectivity index (χ4v) is 2.20. The first-order chi connectivity index (χ1) is 13.4. The first-order valence-electron chi connectivity index (χ1n) is 8.06. The molecule has 9 nitrogen and oxygen atoms in total. The van der Waals surface area contributed by atoms with E-state index in [4.69, 9.17) is 21.1 Å². The molecule has 28 heavy (non-hydrogen) atoms. The van der Waals surface area contributed by atoms with Gasteiger partial charge in [-0.3, -0.25) is 14.9 Å². The Kier molecular flexibility index (Phi) is 7.46. The number of rotatable bonds is 8. The lowest BCUT2D eigenvalue weighted by atomic mass is 10.2. The van der Waals surface area contributed by atoms with Crippen molar-refractivity contribution < 1.29 is 24.0 Å². The molecule has 0 radical (unpaired) electrons. The topological polar surface area (TPSA) is 120 Å². The molecule has 10 heteroatoms. The summed E-state index contributed by atoms with van der Waals surface area (Å²) >= 11 is 5.72. The van der Waals surface area contributed by atoms with E-state index >= 15 is 0 Å². The van der Waals surface area contributed by atoms with E-state index in [1.165, 1.54) is 48.7 Å². The van der Waals surface area contributed by atoms with Crippen molar-refractivity contribution in [1.82, 2.24) is 5.43 Å². The molecule has 2 aromatic carbocycles. The number of carbonyl (C=O) groups excluding carboxylic acids is 2. The average Bonchev–Trinajstić information content (AvgIpc) is 2.68. The molecule has 0 atom stereocenters. The Morgan fingerprint density at radius 3 is 2.61 bits per heavy atom. The Labute approximate surface area is 165 Å². The number of halogens is 1. The third kappa shape index (κ3) is 6.06. The molecule has 0 aliphatic carbocycles. The summed E-state index contributed by atoms with van der Waals surface area (Å²) in [5.74, 6) is -0.585. The largest absolute Gasteiger partial charge is 0.484 e. The second-order valence-electron chi connectivity index (χ2n) is 5.29. The van der Waals surface area contributed by atoms with Gasteiger partial charge in [-0.15, -0.1) is 0 Å². The van der Waals surface area contributed by atoms with Crippen molar-refractivity contribution in [2.45, 2.75) is 6.92 Å². The zero-order valence-corrected chi connectivity index (χ0v) is 15.5. The van der Waals surface area contributed by atoms with Crippen molar-refractivity contribution in [3.63, 3.8) is 0 Å². The molecule has 0 unspecified atom stereocenters. The number of hydrazone groups is 1. The van der Waals surface area contributed by atoms with Crippen LogP contribution in [0.1, 0.15) is 22.8 Å². The number of hydrogen-bond donors (Lipinski definition) is 1. The fourth-order valence-electron chi connectivity index (χ4n) is 2.01. The van der Waals surface area contributed by atoms with Gasteiger partial charge in [-0.05, 0) is 37.3 Å². The Morgan fingerprint density at radius 2 is 1.96 bits per heavy atom. The molecule has 0 heterocycles. The molecule has 1 amide bonds. The minimum absolute atomic E-state index is 0.00793. The Balaban J connectivity index is 1.84. The number of benzene rings is 2. The van der Waals surface area contributed by atoms with E-state index in [0.717, 1.165) is 0 Å². The molecule has 0 fully saturated rings. The zero-order valence-electron chi connectivity index (χ0n) is 14.8. The van der Waals surface area contributed by atoms with Crippen LogP contribution in [0, 0.1) is 10.1 Å². The Hall–Kier alpha value is -3.46. The molecule has 0 spiro atoms. The van der Waals surface area contributed by atoms with Gasteiger partial charge in [0, 0.05) is 11.6 Å². The van der Waals surface area contributed by atoms with Gasteiger partial charge in [0.25, 0.3) is 11.6 Å². The lowest BCUT2D eigenvalue weighted by molar-refractivity contribution is -0.384. The minimum atomic E-state index is -0.612. The first-order valence-corrected chi connectivity index (χ1v) is 8.44. The SMILES string of the molecule is CCOC(=O)c1ccc(OCC(=O)NN=Cc2ccc(Cl)c([N+](=O)[O-])c2)cc1. The summed E-state index contributed by atoms with van der Waals surface area (Å²) in [6.07, 6.45) is 1.25. The fraction of sp³-hybridized carbons (Fsp3) is 0.167. The predicted molar refractivity (Wildman–Crippen MR) is 102 cm³/mol. The van der Waals surface area contributed by atoms with Crippen molar-refractivity contribution in [2.24, 2.45) is 5.10 Å². The lowest BCUT2D eigenvalue weighted by Gasteiger charge is -2.06. The summed E-state index contributed by atoms with van der Waals surface area (Å²) in [6.45, 7) is 1.68. The summed E-state index contributed by atoms with van der Waals surface area (Å²) in [7, 11) is 0. The van der Waals surface area contributed by atoms with E-state index in [1.807, 2.05) is 0 Å². The summed E-state index contributed by atoms with van der Waals surface area (Å²) in [5, 5.41) is 14.5. The van der Waals surface area contributed by atoms with Crippen molar-refractivity contribution in [1.29, 1.82) is 0 Å². The number of hydrogen-bond acceptors (Lipinski definition) is 7. The lowest BCUT2D eigenvalue weighted by Crippen LogP contribution is -2.24. The third-order valence-corrected chi connectivity index (χ3v) is 3.62. The van der Waals surface area contributed by atoms with Crippen molar-refractivity contribution >= 4 is 35.4 Å². The first kappa shape index (κ1) is 20.8. The predicted octanol–water partition coefficient (Wildman–Crippen LogP) is 2.95. The highest BCUT2D eigenvalue weighted by molar-refractivity contribution is 6.32. The highest BCUT2D eigenvalue weighted by Crippen LogP contribution is 2.24. The highest BCUT2D eigenvalue weighted by Gasteiger charge is 2.12. The van der Waals surface area contributed by atoms with Gasteiger partial charge < -0.3 is 9.47 Å². The standard InChI is InChI=1S/C18H16ClN3O6/c1-2-27-18(24)13-4-6-14(7-5-13)28-11-17(23)21-20-10-12-3-8-15(19)16(9-12)22(25)26/h3-10H,2,11H2,1H3,(H,21,23). The summed E-state index contributed by atoms with van der Waals surface area (Å²) in [4.78, 5) is 33.5. The van der Waals surface area contributed by atoms with E-state index in [1.54, 1.807) is 6.92 Å². The normalized spacial score (nSPS) is 10.5. The molecular weight excluding hydrogens is 390 g/mol. The number of nitrogens with zero attached hydrogens (tertiary/aromatic N) is 2. The molecule has 0 saturated carbocycles. The molecular formula is C18H16ClN3O6. The second-order valence-corrected chi connectivity index (χ2v) is 5.70. The number of carbonyl (C=O) groups is 2. The van der Waals surface area contributed by atoms with Crippen molar-refractivity contribution in [2.75, 3.05) is 13.2 Å². The molecule has 0 aromatic heterocycles. The second kappa shape index (κ2) is 10.0. The molecule has 0 bridgehead atoms. The molecule has 1 N–H and O–H groups in total. The Bertz CT molecular complexity index is 899. The van der Waals surface area contributed by atoms with Gasteiger partial charge in [0.2, 0.25) is 0 Å². The van der Waals surface area contributed by atoms with Gasteiger partial charge in [-0.1, -0.05) is 17.7 Å². The summed E-state index contributed by atoms with van der Waals surface area (Å²) < 4.78 is 10.2. The minimum Gasteiger partial charge on any atom is -0.484 e. The van der Waals surface area contributed by atoms with Gasteiger partial charge in [-0.25, -0.2) is 10.2 Å². The summed E-state index contributed by atoms with van der Waals surface area (Å²) in [6, 6.07) is 10.2. The molecule has 0 aliphatic heterocycles. The van der Waals surface area contributed by atoms with Crippen LogP contribution in [-0.2, 0) is 9.53 Å². The van der Waals surface area contributed by atoms with Crippen LogP contribution >= 0.6 is 11.6 Å². The number of amides is 1. The van der Waals surface area contributed by atoms with E-state index in [-0.39, 0.29) is 23.9 Å². The molecule has 146 valence electrons. The maximum absolute atomic E-state index is 11.7. The van der Waals surface area contributed by atoms with Gasteiger partial charge in [-0.2, -0.15) is 5.10 Å². The molecule has 2 rings (SSSR count). The van der Waals surface area contributed by atoms with Gasteiger partial charge in [0.15, 0.2) is 6.61 Å². The molecule has 0 aliphatic rings. The maximum atomic E-state index is 11.7. The van der Waals surface area contributed by atoms with Gasteiger partial charge in [0.1, 0.15) is 10.8 Å². The highest BCUT2D eigenvalue weighted by atomic mass is 35.5. The van der Waals surface area contributed by atoms with Crippen LogP contribution in [0.25, 0.3) is 0 Å². The molecule has 0 saturated heterocycles. The zero-order chi connectivity index (χ0) is 20.5. The van der Waals surface area contributed by atoms with E-state index in [2.05, 4.69) is 10.5 Å². The monoisotopic (exact) mass is 405 g/mol. The molecule has 2 aromatic rings. The van der Waals surface area contributed by atoms with Crippen LogP contribution in [0.2, 0.25) is 5.02 Å². The Morgan fingerprint density at radius 1 is 1.25 bits per heavy atom. The maximum Gasteiger partial charge on any atom is 0.338 e. The summed E-state index contributed by atoms with van der Waals surface area (Å²) in [5.41, 5.74) is 2.75. The van der Waals surface area contributed by atoms with E-state index < -0.39 is 16.8 Å². The van der Waals surface area contributed by atoms with Crippen LogP contribution in [0.15, 0.2) is 47.6 Å². The third-order valence-electron chi connectivity index (χ3n) is 3.31. The number of nitro groups is 1. The number of ether oxygens (including phenoxy) is 2. The van der Waals surface area contributed by atoms with Crippen LogP contribution < -0.4 is 10.2 Å². The van der Waals surface area contributed by atoms with E-state index in [0.29, 0.717) is 16.9 Å². The van der Waals surface area contributed by atoms with Crippen LogP contribution in [0.5, 0.6) is 5.75 Å². The van der Waals surface area contributed by atoms with E-state index in [9.17, 15) is 19.7 Å². The number of nitrogens with one attached hydrogen (secondary N) is 1. The number of nitro benzene ring substituents is 1. The van der Waals surface area contributed by atoms with Gasteiger partial charge >= 0.3 is 5.97 Å². The van der Waals surface area contributed by atoms with Gasteiger partial charge in [0.05, 0.1) is 23.3 Å². The van der Waals surface area contributed by atoms with Crippen LogP contribution in [0.3, 0.4) is 0 Å². The van der Waals surface area contributed by atoms with Crippen molar-refractivity contribution in [3.8, 4) is 5.75 Å². The quantitative estimate of drug-likeness (QED) is 0.312. The van der Waals surface area contributed by atoms with Crippen LogP contribution in [0.4, 0.5) is 5.69 Å². The smallest absolute Gasteiger partial charge is 0.338 e. The number of esters is 1. The average molecular weight is 406 g/mol.